The van der Waals surface area contributed by atoms with Crippen LogP contribution < -0.4 is 5.59 Å². The van der Waals surface area contributed by atoms with Crippen LogP contribution >= 0.6 is 0 Å². The van der Waals surface area contributed by atoms with Gasteiger partial charge in [0.15, 0.2) is 0 Å². The Kier molecular flexibility index (Phi) is 3.67. The summed E-state index contributed by atoms with van der Waals surface area (Å²) in [7, 11) is -1.18. The van der Waals surface area contributed by atoms with Gasteiger partial charge in [0.1, 0.15) is 6.33 Å². The second kappa shape index (κ2) is 4.49. The van der Waals surface area contributed by atoms with Gasteiger partial charge in [0.2, 0.25) is 0 Å². The molecule has 0 unspecified atom stereocenters. The highest BCUT2D eigenvalue weighted by Gasteiger charge is 2.39. The van der Waals surface area contributed by atoms with E-state index in [9.17, 15) is 10.1 Å². The SMILES string of the molecule is CC(C)(O)C(C)(C)OB(O)c1ccncn1. The van der Waals surface area contributed by atoms with E-state index in [1.165, 1.54) is 12.5 Å². The van der Waals surface area contributed by atoms with Crippen LogP contribution in [0.15, 0.2) is 18.6 Å². The highest BCUT2D eigenvalue weighted by Crippen LogP contribution is 2.25. The quantitative estimate of drug-likeness (QED) is 0.688. The molecule has 2 N–H and O–H groups in total. The van der Waals surface area contributed by atoms with Crippen LogP contribution in [0, 0.1) is 0 Å². The van der Waals surface area contributed by atoms with Gasteiger partial charge in [-0.15, -0.1) is 0 Å². The summed E-state index contributed by atoms with van der Waals surface area (Å²) in [5.41, 5.74) is -1.59. The fourth-order valence-electron chi connectivity index (χ4n) is 0.931. The Bertz CT molecular complexity index is 338. The molecule has 1 aromatic heterocycles. The first-order valence-corrected chi connectivity index (χ1v) is 5.08. The van der Waals surface area contributed by atoms with Crippen LogP contribution in [0.5, 0.6) is 0 Å². The smallest absolute Gasteiger partial charge is 0.422 e. The minimum Gasteiger partial charge on any atom is -0.422 e. The van der Waals surface area contributed by atoms with Gasteiger partial charge in [-0.1, -0.05) is 0 Å². The topological polar surface area (TPSA) is 75.5 Å². The summed E-state index contributed by atoms with van der Waals surface area (Å²) in [6.07, 6.45) is 2.85. The molecule has 0 aliphatic carbocycles. The molecular weight excluding hydrogens is 207 g/mol. The summed E-state index contributed by atoms with van der Waals surface area (Å²) < 4.78 is 5.40. The van der Waals surface area contributed by atoms with Crippen LogP contribution in [0.2, 0.25) is 0 Å². The number of aromatic nitrogens is 2. The molecule has 0 saturated heterocycles. The van der Waals surface area contributed by atoms with Crippen molar-refractivity contribution in [3.05, 3.63) is 18.6 Å². The van der Waals surface area contributed by atoms with Crippen LogP contribution in [0.25, 0.3) is 0 Å². The predicted octanol–water partition coefficient (Wildman–Crippen LogP) is -0.270. The first kappa shape index (κ1) is 13.1. The molecule has 0 aromatic carbocycles. The second-order valence-electron chi connectivity index (χ2n) is 4.67. The molecule has 5 nitrogen and oxygen atoms in total. The van der Waals surface area contributed by atoms with E-state index in [4.69, 9.17) is 4.65 Å². The molecule has 0 aliphatic heterocycles. The monoisotopic (exact) mass is 224 g/mol. The maximum Gasteiger partial charge on any atom is 0.511 e. The molecule has 0 aliphatic rings. The van der Waals surface area contributed by atoms with Gasteiger partial charge < -0.3 is 14.8 Å². The number of hydrogen-bond donors (Lipinski definition) is 2. The van der Waals surface area contributed by atoms with Crippen LogP contribution in [0.3, 0.4) is 0 Å². The Balaban J connectivity index is 2.76. The van der Waals surface area contributed by atoms with E-state index in [0.717, 1.165) is 0 Å². The van der Waals surface area contributed by atoms with E-state index < -0.39 is 18.3 Å². The van der Waals surface area contributed by atoms with E-state index in [-0.39, 0.29) is 0 Å². The maximum atomic E-state index is 9.87. The van der Waals surface area contributed by atoms with Crippen molar-refractivity contribution < 1.29 is 14.8 Å². The van der Waals surface area contributed by atoms with E-state index in [0.29, 0.717) is 5.59 Å². The average molecular weight is 224 g/mol. The average Bonchev–Trinajstić information content (AvgIpc) is 2.16. The molecule has 88 valence electrons. The lowest BCUT2D eigenvalue weighted by Crippen LogP contribution is -2.53. The zero-order chi connectivity index (χ0) is 12.4. The van der Waals surface area contributed by atoms with Crippen LogP contribution in [0.1, 0.15) is 27.7 Å². The predicted molar refractivity (Wildman–Crippen MR) is 61.1 cm³/mol. The van der Waals surface area contributed by atoms with Gasteiger partial charge in [-0.3, -0.25) is 0 Å². The van der Waals surface area contributed by atoms with Crippen molar-refractivity contribution in [1.82, 2.24) is 9.97 Å². The molecule has 0 spiro atoms. The molecular formula is C10H17BN2O3. The lowest BCUT2D eigenvalue weighted by atomic mass is 9.80. The maximum absolute atomic E-state index is 9.87. The van der Waals surface area contributed by atoms with Crippen molar-refractivity contribution >= 4 is 12.7 Å². The van der Waals surface area contributed by atoms with Crippen LogP contribution in [-0.2, 0) is 4.65 Å². The van der Waals surface area contributed by atoms with Crippen molar-refractivity contribution in [3.8, 4) is 0 Å². The molecule has 0 atom stereocenters. The van der Waals surface area contributed by atoms with Gasteiger partial charge in [0.25, 0.3) is 0 Å². The minimum absolute atomic E-state index is 0.368. The molecule has 16 heavy (non-hydrogen) atoms. The van der Waals surface area contributed by atoms with E-state index >= 15 is 0 Å². The summed E-state index contributed by atoms with van der Waals surface area (Å²) in [6, 6.07) is 1.56. The standard InChI is InChI=1S/C10H17BN2O3/c1-9(2,14)10(3,4)16-11(15)8-5-6-12-7-13-8/h5-7,14-15H,1-4H3. The first-order valence-electron chi connectivity index (χ1n) is 5.08. The normalized spacial score (nSPS) is 12.6. The molecule has 1 aromatic rings. The zero-order valence-electron chi connectivity index (χ0n) is 10.0. The Labute approximate surface area is 95.7 Å². The summed E-state index contributed by atoms with van der Waals surface area (Å²) in [4.78, 5) is 7.62. The molecule has 0 radical (unpaired) electrons. The van der Waals surface area contributed by atoms with Crippen molar-refractivity contribution in [2.45, 2.75) is 38.9 Å². The molecule has 0 fully saturated rings. The minimum atomic E-state index is -1.18. The third-order valence-electron chi connectivity index (χ3n) is 2.74. The summed E-state index contributed by atoms with van der Waals surface area (Å²) >= 11 is 0. The first-order chi connectivity index (χ1) is 7.24. The van der Waals surface area contributed by atoms with Gasteiger partial charge in [-0.2, -0.15) is 0 Å². The van der Waals surface area contributed by atoms with Gasteiger partial charge in [-0.05, 0) is 33.8 Å². The lowest BCUT2D eigenvalue weighted by Gasteiger charge is -2.38. The number of hydrogen-bond acceptors (Lipinski definition) is 5. The fraction of sp³-hybridized carbons (Fsp3) is 0.600. The summed E-state index contributed by atoms with van der Waals surface area (Å²) in [5, 5.41) is 19.7. The van der Waals surface area contributed by atoms with Crippen LogP contribution in [-0.4, -0.2) is 38.4 Å². The Morgan fingerprint density at radius 2 is 1.94 bits per heavy atom. The third-order valence-corrected chi connectivity index (χ3v) is 2.74. The largest absolute Gasteiger partial charge is 0.511 e. The van der Waals surface area contributed by atoms with Gasteiger partial charge in [-0.25, -0.2) is 9.97 Å². The van der Waals surface area contributed by atoms with Gasteiger partial charge >= 0.3 is 7.12 Å². The Morgan fingerprint density at radius 1 is 1.31 bits per heavy atom. The van der Waals surface area contributed by atoms with Crippen molar-refractivity contribution in [1.29, 1.82) is 0 Å². The zero-order valence-corrected chi connectivity index (χ0v) is 10.0. The highest BCUT2D eigenvalue weighted by atomic mass is 16.5. The van der Waals surface area contributed by atoms with E-state index in [2.05, 4.69) is 9.97 Å². The van der Waals surface area contributed by atoms with Gasteiger partial charge in [0.05, 0.1) is 16.8 Å². The summed E-state index contributed by atoms with van der Waals surface area (Å²) in [5.74, 6) is 0. The van der Waals surface area contributed by atoms with Crippen molar-refractivity contribution in [2.75, 3.05) is 0 Å². The molecule has 0 amide bonds. The van der Waals surface area contributed by atoms with Gasteiger partial charge in [0, 0.05) is 6.20 Å². The van der Waals surface area contributed by atoms with Crippen LogP contribution in [0.4, 0.5) is 0 Å². The second-order valence-corrected chi connectivity index (χ2v) is 4.67. The molecule has 1 rings (SSSR count). The Morgan fingerprint density at radius 3 is 2.38 bits per heavy atom. The molecule has 6 heteroatoms. The Hall–Kier alpha value is -0.975. The van der Waals surface area contributed by atoms with Crippen molar-refractivity contribution in [2.24, 2.45) is 0 Å². The lowest BCUT2D eigenvalue weighted by molar-refractivity contribution is -0.0983. The van der Waals surface area contributed by atoms with E-state index in [1.54, 1.807) is 33.8 Å². The third kappa shape index (κ3) is 3.01. The number of aliphatic hydroxyl groups is 1. The molecule has 0 saturated carbocycles. The number of rotatable bonds is 4. The fourth-order valence-corrected chi connectivity index (χ4v) is 0.931. The summed E-state index contributed by atoms with van der Waals surface area (Å²) in [6.45, 7) is 6.66. The highest BCUT2D eigenvalue weighted by molar-refractivity contribution is 6.59. The van der Waals surface area contributed by atoms with E-state index in [1.807, 2.05) is 0 Å². The molecule has 0 bridgehead atoms. The number of nitrogens with zero attached hydrogens (tertiary/aromatic N) is 2. The van der Waals surface area contributed by atoms with Crippen molar-refractivity contribution in [3.63, 3.8) is 0 Å². The molecule has 1 heterocycles.